The number of benzene rings is 2. The molecule has 3 aliphatic rings. The van der Waals surface area contributed by atoms with E-state index in [4.69, 9.17) is 4.74 Å². The highest BCUT2D eigenvalue weighted by Gasteiger charge is 2.53. The normalized spacial score (nSPS) is 26.4. The van der Waals surface area contributed by atoms with Crippen LogP contribution in [0.25, 0.3) is 0 Å². The SMILES string of the molecule is O=C(OCc1ccccc1)N1CCC[C@@]23CCCCC2[C@@H]1Cc1cc([N+](=O)[O-])c(O)cc13. The van der Waals surface area contributed by atoms with Crippen LogP contribution < -0.4 is 0 Å². The van der Waals surface area contributed by atoms with E-state index in [0.717, 1.165) is 55.2 Å². The topological polar surface area (TPSA) is 92.9 Å². The van der Waals surface area contributed by atoms with Gasteiger partial charge in [0.05, 0.1) is 4.92 Å². The first kappa shape index (κ1) is 20.8. The van der Waals surface area contributed by atoms with E-state index in [2.05, 4.69) is 0 Å². The summed E-state index contributed by atoms with van der Waals surface area (Å²) in [4.78, 5) is 26.0. The number of nitro benzene ring substituents is 1. The summed E-state index contributed by atoms with van der Waals surface area (Å²) in [7, 11) is 0. The largest absolute Gasteiger partial charge is 0.502 e. The summed E-state index contributed by atoms with van der Waals surface area (Å²) in [5.41, 5.74) is 2.49. The van der Waals surface area contributed by atoms with Crippen LogP contribution in [0.5, 0.6) is 5.75 Å². The first-order valence-electron chi connectivity index (χ1n) is 11.5. The summed E-state index contributed by atoms with van der Waals surface area (Å²) in [6.07, 6.45) is 6.24. The van der Waals surface area contributed by atoms with E-state index >= 15 is 0 Å². The molecule has 1 heterocycles. The van der Waals surface area contributed by atoms with Crippen molar-refractivity contribution in [3.05, 3.63) is 69.3 Å². The minimum atomic E-state index is -0.532. The molecule has 0 radical (unpaired) electrons. The van der Waals surface area contributed by atoms with Crippen LogP contribution in [-0.4, -0.2) is 33.6 Å². The van der Waals surface area contributed by atoms with Gasteiger partial charge in [0.25, 0.3) is 0 Å². The number of hydrogen-bond acceptors (Lipinski definition) is 5. The van der Waals surface area contributed by atoms with Gasteiger partial charge in [0.2, 0.25) is 0 Å². The van der Waals surface area contributed by atoms with E-state index in [1.54, 1.807) is 6.07 Å². The van der Waals surface area contributed by atoms with Crippen molar-refractivity contribution in [2.24, 2.45) is 5.92 Å². The van der Waals surface area contributed by atoms with Crippen molar-refractivity contribution in [2.45, 2.75) is 63.0 Å². The first-order chi connectivity index (χ1) is 15.5. The number of nitro groups is 1. The number of nitrogens with zero attached hydrogens (tertiary/aromatic N) is 2. The number of amides is 1. The molecule has 1 aliphatic heterocycles. The van der Waals surface area contributed by atoms with Crippen molar-refractivity contribution >= 4 is 11.8 Å². The quantitative estimate of drug-likeness (QED) is 0.535. The predicted octanol–water partition coefficient (Wildman–Crippen LogP) is 5.09. The number of phenols is 1. The molecule has 1 unspecified atom stereocenters. The molecule has 32 heavy (non-hydrogen) atoms. The second-order valence-corrected chi connectivity index (χ2v) is 9.37. The van der Waals surface area contributed by atoms with Crippen LogP contribution in [0.15, 0.2) is 42.5 Å². The van der Waals surface area contributed by atoms with Crippen molar-refractivity contribution in [1.29, 1.82) is 0 Å². The Kier molecular flexibility index (Phi) is 5.27. The molecule has 5 rings (SSSR count). The Morgan fingerprint density at radius 1 is 1.19 bits per heavy atom. The lowest BCUT2D eigenvalue weighted by Gasteiger charge is -2.52. The van der Waals surface area contributed by atoms with Crippen molar-refractivity contribution in [2.75, 3.05) is 6.54 Å². The van der Waals surface area contributed by atoms with Gasteiger partial charge in [0.15, 0.2) is 5.75 Å². The summed E-state index contributed by atoms with van der Waals surface area (Å²) in [5.74, 6) is 0.0191. The Labute approximate surface area is 187 Å². The number of rotatable bonds is 3. The van der Waals surface area contributed by atoms with E-state index in [0.29, 0.717) is 13.0 Å². The van der Waals surface area contributed by atoms with Crippen LogP contribution in [0.2, 0.25) is 0 Å². The van der Waals surface area contributed by atoms with Crippen LogP contribution in [0.4, 0.5) is 10.5 Å². The fourth-order valence-corrected chi connectivity index (χ4v) is 6.46. The van der Waals surface area contributed by atoms with Gasteiger partial charge in [-0.1, -0.05) is 43.2 Å². The number of carbonyl (C=O) groups excluding carboxylic acids is 1. The van der Waals surface area contributed by atoms with Crippen molar-refractivity contribution < 1.29 is 19.6 Å². The molecule has 0 spiro atoms. The number of fused-ring (bicyclic) bond motifs is 1. The number of ether oxygens (including phenoxy) is 1. The van der Waals surface area contributed by atoms with Crippen molar-refractivity contribution in [1.82, 2.24) is 4.90 Å². The van der Waals surface area contributed by atoms with Gasteiger partial charge in [-0.2, -0.15) is 0 Å². The third-order valence-electron chi connectivity index (χ3n) is 7.79. The number of phenolic OH excluding ortho intramolecular Hbond substituents is 1. The summed E-state index contributed by atoms with van der Waals surface area (Å²) < 4.78 is 5.70. The summed E-state index contributed by atoms with van der Waals surface area (Å²) in [5, 5.41) is 21.8. The van der Waals surface area contributed by atoms with Gasteiger partial charge >= 0.3 is 11.8 Å². The van der Waals surface area contributed by atoms with Gasteiger partial charge < -0.3 is 14.7 Å². The molecule has 7 nitrogen and oxygen atoms in total. The fraction of sp³-hybridized carbons (Fsp3) is 0.480. The maximum Gasteiger partial charge on any atom is 0.410 e. The molecule has 1 saturated heterocycles. The lowest BCUT2D eigenvalue weighted by atomic mass is 9.54. The van der Waals surface area contributed by atoms with Crippen molar-refractivity contribution in [3.63, 3.8) is 0 Å². The predicted molar refractivity (Wildman–Crippen MR) is 118 cm³/mol. The van der Waals surface area contributed by atoms with E-state index in [1.807, 2.05) is 35.2 Å². The molecule has 2 bridgehead atoms. The van der Waals surface area contributed by atoms with E-state index in [9.17, 15) is 20.0 Å². The van der Waals surface area contributed by atoms with Crippen LogP contribution in [0, 0.1) is 16.0 Å². The van der Waals surface area contributed by atoms with Gasteiger partial charge in [-0.25, -0.2) is 4.79 Å². The zero-order valence-corrected chi connectivity index (χ0v) is 18.0. The van der Waals surface area contributed by atoms with E-state index < -0.39 is 4.92 Å². The standard InChI is InChI=1S/C25H28N2O5/c28-23-15-20-18(14-22(23)27(30)31)13-21-19-9-4-5-10-25(19,20)11-6-12-26(21)24(29)32-16-17-7-2-1-3-8-17/h1-3,7-8,14-15,19,21,28H,4-6,9-13,16H2/t19?,21-,25-/m0/s1. The zero-order chi connectivity index (χ0) is 22.3. The third kappa shape index (κ3) is 3.40. The Morgan fingerprint density at radius 3 is 2.75 bits per heavy atom. The fourth-order valence-electron chi connectivity index (χ4n) is 6.46. The second-order valence-electron chi connectivity index (χ2n) is 9.37. The minimum absolute atomic E-state index is 0.0438. The molecular weight excluding hydrogens is 408 g/mol. The number of likely N-dealkylation sites (tertiary alicyclic amines) is 1. The molecule has 168 valence electrons. The maximum atomic E-state index is 13.2. The summed E-state index contributed by atoms with van der Waals surface area (Å²) >= 11 is 0. The van der Waals surface area contributed by atoms with E-state index in [-0.39, 0.29) is 41.5 Å². The van der Waals surface area contributed by atoms with E-state index in [1.165, 1.54) is 6.07 Å². The van der Waals surface area contributed by atoms with Gasteiger partial charge in [0.1, 0.15) is 6.61 Å². The van der Waals surface area contributed by atoms with Crippen LogP contribution in [0.3, 0.4) is 0 Å². The third-order valence-corrected chi connectivity index (χ3v) is 7.79. The number of aromatic hydroxyl groups is 1. The second kappa shape index (κ2) is 8.11. The highest BCUT2D eigenvalue weighted by Crippen LogP contribution is 2.56. The smallest absolute Gasteiger partial charge is 0.410 e. The monoisotopic (exact) mass is 436 g/mol. The average molecular weight is 437 g/mol. The molecule has 2 aromatic rings. The highest BCUT2D eigenvalue weighted by atomic mass is 16.6. The molecule has 1 N–H and O–H groups in total. The Balaban J connectivity index is 1.49. The highest BCUT2D eigenvalue weighted by molar-refractivity contribution is 5.69. The van der Waals surface area contributed by atoms with Gasteiger partial charge in [-0.05, 0) is 60.8 Å². The lowest BCUT2D eigenvalue weighted by Crippen LogP contribution is -2.54. The van der Waals surface area contributed by atoms with Gasteiger partial charge in [-0.15, -0.1) is 0 Å². The molecule has 3 atom stereocenters. The Hall–Kier alpha value is -3.09. The average Bonchev–Trinajstić information content (AvgIpc) is 2.93. The molecule has 2 fully saturated rings. The molecule has 1 saturated carbocycles. The Morgan fingerprint density at radius 2 is 1.97 bits per heavy atom. The minimum Gasteiger partial charge on any atom is -0.502 e. The van der Waals surface area contributed by atoms with Crippen LogP contribution >= 0.6 is 0 Å². The summed E-state index contributed by atoms with van der Waals surface area (Å²) in [6.45, 7) is 0.854. The molecule has 0 aromatic heterocycles. The van der Waals surface area contributed by atoms with Crippen LogP contribution in [0.1, 0.15) is 55.2 Å². The van der Waals surface area contributed by atoms with Gasteiger partial charge in [-0.3, -0.25) is 10.1 Å². The molecule has 1 amide bonds. The molecular formula is C25H28N2O5. The maximum absolute atomic E-state index is 13.2. The summed E-state index contributed by atoms with van der Waals surface area (Å²) in [6, 6.07) is 12.8. The van der Waals surface area contributed by atoms with Crippen molar-refractivity contribution in [3.8, 4) is 5.75 Å². The first-order valence-corrected chi connectivity index (χ1v) is 11.5. The zero-order valence-electron chi connectivity index (χ0n) is 18.0. The van der Waals surface area contributed by atoms with Crippen LogP contribution in [-0.2, 0) is 23.2 Å². The molecule has 2 aliphatic carbocycles. The molecule has 2 aromatic carbocycles. The number of hydrogen-bond donors (Lipinski definition) is 1. The Bertz CT molecular complexity index is 1040. The van der Waals surface area contributed by atoms with Gasteiger partial charge in [0, 0.05) is 24.1 Å². The molecule has 7 heteroatoms. The number of carbonyl (C=O) groups is 1. The lowest BCUT2D eigenvalue weighted by molar-refractivity contribution is -0.386.